The molecule has 3 fully saturated rings. The monoisotopic (exact) mass is 379 g/mol. The van der Waals surface area contributed by atoms with Crippen molar-refractivity contribution < 1.29 is 20.1 Å². The summed E-state index contributed by atoms with van der Waals surface area (Å²) in [6.07, 6.45) is 4.35. The number of piperidine rings is 1. The quantitative estimate of drug-likeness (QED) is 0.730. The van der Waals surface area contributed by atoms with E-state index in [0.717, 1.165) is 37.4 Å². The molecule has 2 heterocycles. The van der Waals surface area contributed by atoms with Gasteiger partial charge in [-0.05, 0) is 62.6 Å². The van der Waals surface area contributed by atoms with Crippen LogP contribution in [0.1, 0.15) is 43.2 Å². The van der Waals surface area contributed by atoms with Crippen LogP contribution in [0.15, 0.2) is 12.1 Å². The number of hydrogen-bond acceptors (Lipinski definition) is 5. The maximum atomic E-state index is 12.0. The number of aliphatic hydroxyl groups is 2. The molecular formula is C20H26ClNO4. The fourth-order valence-corrected chi connectivity index (χ4v) is 6.46. The van der Waals surface area contributed by atoms with Crippen LogP contribution >= 0.6 is 12.4 Å². The minimum atomic E-state index is -0.879. The predicted molar refractivity (Wildman–Crippen MR) is 98.0 cm³/mol. The molecule has 2 bridgehead atoms. The fourth-order valence-electron chi connectivity index (χ4n) is 6.46. The Bertz CT molecular complexity index is 768. The Morgan fingerprint density at radius 1 is 1.19 bits per heavy atom. The van der Waals surface area contributed by atoms with E-state index in [1.54, 1.807) is 6.07 Å². The molecule has 0 amide bonds. The van der Waals surface area contributed by atoms with Crippen LogP contribution < -0.4 is 4.74 Å². The van der Waals surface area contributed by atoms with Crippen molar-refractivity contribution in [1.29, 1.82) is 0 Å². The molecule has 1 spiro atoms. The summed E-state index contributed by atoms with van der Waals surface area (Å²) in [7, 11) is 0. The fraction of sp³-hybridized carbons (Fsp3) is 0.700. The number of benzene rings is 1. The smallest absolute Gasteiger partial charge is 0.165 e. The molecule has 3 N–H and O–H groups in total. The average molecular weight is 380 g/mol. The van der Waals surface area contributed by atoms with Crippen LogP contribution in [0.2, 0.25) is 0 Å². The van der Waals surface area contributed by atoms with Crippen molar-refractivity contribution >= 4 is 12.4 Å². The Balaban J connectivity index is 0.00000150. The first-order valence-electron chi connectivity index (χ1n) is 9.71. The molecule has 5 aliphatic rings. The molecule has 5 nitrogen and oxygen atoms in total. The number of rotatable bonds is 2. The lowest BCUT2D eigenvalue weighted by molar-refractivity contribution is -0.208. The predicted octanol–water partition coefficient (Wildman–Crippen LogP) is 1.74. The summed E-state index contributed by atoms with van der Waals surface area (Å²) in [5.41, 5.74) is 0.716. The van der Waals surface area contributed by atoms with E-state index in [1.807, 2.05) is 6.07 Å². The SMILES string of the molecule is Cl.Oc1ccc2c3c1OC1C(O)CCC4(O)C(C2)N(CC2CC2)CCC314. The molecule has 0 radical (unpaired) electrons. The normalized spacial score (nSPS) is 42.6. The molecule has 1 aromatic rings. The first-order chi connectivity index (χ1) is 12.0. The third-order valence-corrected chi connectivity index (χ3v) is 7.73. The Morgan fingerprint density at radius 3 is 2.77 bits per heavy atom. The largest absolute Gasteiger partial charge is 0.504 e. The second-order valence-corrected chi connectivity index (χ2v) is 8.90. The Kier molecular flexibility index (Phi) is 3.48. The highest BCUT2D eigenvalue weighted by molar-refractivity contribution is 5.85. The zero-order valence-corrected chi connectivity index (χ0v) is 15.5. The highest BCUT2D eigenvalue weighted by atomic mass is 35.5. The van der Waals surface area contributed by atoms with E-state index < -0.39 is 23.2 Å². The summed E-state index contributed by atoms with van der Waals surface area (Å²) in [4.78, 5) is 2.51. The number of likely N-dealkylation sites (tertiary alicyclic amines) is 1. The molecule has 0 aromatic heterocycles. The molecule has 6 rings (SSSR count). The molecule has 1 saturated heterocycles. The molecule has 5 atom stereocenters. The Morgan fingerprint density at radius 2 is 2.00 bits per heavy atom. The number of nitrogens with zero attached hydrogens (tertiary/aromatic N) is 1. The van der Waals surface area contributed by atoms with Crippen LogP contribution in [0, 0.1) is 5.92 Å². The topological polar surface area (TPSA) is 73.2 Å². The van der Waals surface area contributed by atoms with Crippen LogP contribution in [-0.2, 0) is 11.8 Å². The maximum absolute atomic E-state index is 12.0. The number of hydrogen-bond donors (Lipinski definition) is 3. The lowest BCUT2D eigenvalue weighted by Gasteiger charge is -2.63. The standard InChI is InChI=1S/C20H25NO4.ClH/c22-13-4-3-12-9-15-20(24)6-5-14(23)18-19(20,16(12)17(13)25-18)7-8-21(15)10-11-1-2-11;/h3-4,11,14-15,18,22-24H,1-2,5-10H2;1H. The van der Waals surface area contributed by atoms with Gasteiger partial charge in [-0.1, -0.05) is 6.07 Å². The van der Waals surface area contributed by atoms with Crippen LogP contribution in [-0.4, -0.2) is 57.2 Å². The second kappa shape index (κ2) is 5.28. The van der Waals surface area contributed by atoms with E-state index in [4.69, 9.17) is 4.74 Å². The number of halogens is 1. The number of ether oxygens (including phenoxy) is 1. The third kappa shape index (κ3) is 1.83. The van der Waals surface area contributed by atoms with Gasteiger partial charge < -0.3 is 20.1 Å². The number of aliphatic hydroxyl groups excluding tert-OH is 1. The van der Waals surface area contributed by atoms with Gasteiger partial charge >= 0.3 is 0 Å². The zero-order valence-electron chi connectivity index (χ0n) is 14.7. The molecule has 5 unspecified atom stereocenters. The minimum absolute atomic E-state index is 0. The average Bonchev–Trinajstić information content (AvgIpc) is 3.32. The van der Waals surface area contributed by atoms with Crippen LogP contribution in [0.4, 0.5) is 0 Å². The number of phenolic OH excluding ortho intramolecular Hbond substituents is 1. The Hall–Kier alpha value is -1.01. The third-order valence-electron chi connectivity index (χ3n) is 7.73. The van der Waals surface area contributed by atoms with Gasteiger partial charge in [0.2, 0.25) is 0 Å². The van der Waals surface area contributed by atoms with Crippen molar-refractivity contribution in [2.45, 2.75) is 67.8 Å². The van der Waals surface area contributed by atoms with E-state index in [1.165, 1.54) is 18.4 Å². The maximum Gasteiger partial charge on any atom is 0.165 e. The van der Waals surface area contributed by atoms with Gasteiger partial charge in [0.15, 0.2) is 11.5 Å². The summed E-state index contributed by atoms with van der Waals surface area (Å²) in [6, 6.07) is 3.79. The lowest BCUT2D eigenvalue weighted by atomic mass is 9.48. The number of aromatic hydroxyl groups is 1. The minimum Gasteiger partial charge on any atom is -0.504 e. The Labute approximate surface area is 159 Å². The summed E-state index contributed by atoms with van der Waals surface area (Å²) < 4.78 is 6.14. The van der Waals surface area contributed by atoms with E-state index in [2.05, 4.69) is 4.90 Å². The summed E-state index contributed by atoms with van der Waals surface area (Å²) in [5.74, 6) is 1.44. The van der Waals surface area contributed by atoms with Gasteiger partial charge in [0.25, 0.3) is 0 Å². The van der Waals surface area contributed by atoms with Crippen molar-refractivity contribution in [3.63, 3.8) is 0 Å². The summed E-state index contributed by atoms with van der Waals surface area (Å²) in [6.45, 7) is 2.02. The van der Waals surface area contributed by atoms with Gasteiger partial charge in [-0.15, -0.1) is 12.4 Å². The summed E-state index contributed by atoms with van der Waals surface area (Å²) in [5, 5.41) is 33.1. The molecule has 1 aromatic carbocycles. The van der Waals surface area contributed by atoms with E-state index in [0.29, 0.717) is 18.6 Å². The van der Waals surface area contributed by atoms with Crippen molar-refractivity contribution in [2.24, 2.45) is 5.92 Å². The van der Waals surface area contributed by atoms with E-state index in [-0.39, 0.29) is 24.2 Å². The van der Waals surface area contributed by atoms with Gasteiger partial charge in [-0.2, -0.15) is 0 Å². The van der Waals surface area contributed by atoms with Crippen LogP contribution in [0.3, 0.4) is 0 Å². The zero-order chi connectivity index (χ0) is 17.0. The van der Waals surface area contributed by atoms with Gasteiger partial charge in [0.05, 0.1) is 17.1 Å². The van der Waals surface area contributed by atoms with Crippen molar-refractivity contribution in [3.8, 4) is 11.5 Å². The first kappa shape index (κ1) is 17.1. The molecule has 2 aliphatic heterocycles. The van der Waals surface area contributed by atoms with Crippen molar-refractivity contribution in [2.75, 3.05) is 13.1 Å². The molecule has 6 heteroatoms. The van der Waals surface area contributed by atoms with Gasteiger partial charge in [0, 0.05) is 18.2 Å². The number of phenols is 1. The van der Waals surface area contributed by atoms with E-state index >= 15 is 0 Å². The molecule has 26 heavy (non-hydrogen) atoms. The van der Waals surface area contributed by atoms with Gasteiger partial charge in [-0.3, -0.25) is 4.90 Å². The second-order valence-electron chi connectivity index (χ2n) is 8.90. The van der Waals surface area contributed by atoms with Crippen LogP contribution in [0.25, 0.3) is 0 Å². The summed E-state index contributed by atoms with van der Waals surface area (Å²) >= 11 is 0. The first-order valence-corrected chi connectivity index (χ1v) is 9.71. The molecule has 2 saturated carbocycles. The van der Waals surface area contributed by atoms with Crippen molar-refractivity contribution in [3.05, 3.63) is 23.3 Å². The molecular weight excluding hydrogens is 354 g/mol. The van der Waals surface area contributed by atoms with Gasteiger partial charge in [0.1, 0.15) is 6.10 Å². The van der Waals surface area contributed by atoms with Crippen molar-refractivity contribution in [1.82, 2.24) is 4.90 Å². The van der Waals surface area contributed by atoms with Gasteiger partial charge in [-0.25, -0.2) is 0 Å². The highest BCUT2D eigenvalue weighted by Gasteiger charge is 2.72. The molecule has 142 valence electrons. The highest BCUT2D eigenvalue weighted by Crippen LogP contribution is 2.65. The van der Waals surface area contributed by atoms with Crippen LogP contribution in [0.5, 0.6) is 11.5 Å². The lowest BCUT2D eigenvalue weighted by Crippen LogP contribution is -2.77. The molecule has 3 aliphatic carbocycles. The van der Waals surface area contributed by atoms with E-state index in [9.17, 15) is 15.3 Å².